The maximum atomic E-state index is 10.2. The highest BCUT2D eigenvalue weighted by Crippen LogP contribution is 2.34. The summed E-state index contributed by atoms with van der Waals surface area (Å²) in [5, 5.41) is 13.8. The Morgan fingerprint density at radius 3 is 2.84 bits per heavy atom. The van der Waals surface area contributed by atoms with E-state index < -0.39 is 6.10 Å². The van der Waals surface area contributed by atoms with Crippen LogP contribution in [0.15, 0.2) is 24.3 Å². The van der Waals surface area contributed by atoms with Crippen LogP contribution in [0.3, 0.4) is 0 Å². The molecule has 1 saturated carbocycles. The summed E-state index contributed by atoms with van der Waals surface area (Å²) < 4.78 is 5.19. The van der Waals surface area contributed by atoms with Gasteiger partial charge in [0.2, 0.25) is 0 Å². The normalized spacial score (nSPS) is 18.1. The van der Waals surface area contributed by atoms with E-state index in [0.29, 0.717) is 12.6 Å². The van der Waals surface area contributed by atoms with Gasteiger partial charge in [-0.15, -0.1) is 0 Å². The van der Waals surface area contributed by atoms with Crippen LogP contribution >= 0.6 is 0 Å². The number of aliphatic hydroxyl groups is 1. The third-order valence-corrected chi connectivity index (χ3v) is 3.84. The van der Waals surface area contributed by atoms with Crippen LogP contribution in [0.5, 0.6) is 5.75 Å². The molecule has 3 nitrogen and oxygen atoms in total. The van der Waals surface area contributed by atoms with Gasteiger partial charge in [0.1, 0.15) is 5.75 Å². The number of rotatable bonds is 8. The van der Waals surface area contributed by atoms with E-state index in [1.165, 1.54) is 25.7 Å². The Labute approximate surface area is 116 Å². The summed E-state index contributed by atoms with van der Waals surface area (Å²) in [4.78, 5) is 0. The van der Waals surface area contributed by atoms with Crippen molar-refractivity contribution in [1.29, 1.82) is 0 Å². The molecule has 0 spiro atoms. The average molecular weight is 263 g/mol. The van der Waals surface area contributed by atoms with Gasteiger partial charge in [0.25, 0.3) is 0 Å². The number of methoxy groups -OCH3 is 1. The van der Waals surface area contributed by atoms with Crippen molar-refractivity contribution < 1.29 is 9.84 Å². The highest BCUT2D eigenvalue weighted by molar-refractivity contribution is 5.29. The van der Waals surface area contributed by atoms with E-state index in [2.05, 4.69) is 12.2 Å². The van der Waals surface area contributed by atoms with Crippen molar-refractivity contribution in [3.63, 3.8) is 0 Å². The Morgan fingerprint density at radius 1 is 1.42 bits per heavy atom. The Hall–Kier alpha value is -1.06. The van der Waals surface area contributed by atoms with Crippen molar-refractivity contribution in [2.45, 2.75) is 44.8 Å². The van der Waals surface area contributed by atoms with Crippen molar-refractivity contribution in [3.8, 4) is 5.75 Å². The molecule has 0 aliphatic heterocycles. The molecule has 1 aromatic rings. The lowest BCUT2D eigenvalue weighted by Crippen LogP contribution is -2.34. The first-order valence-corrected chi connectivity index (χ1v) is 7.30. The lowest BCUT2D eigenvalue weighted by molar-refractivity contribution is 0.166. The molecule has 1 aliphatic rings. The Bertz CT molecular complexity index is 390. The lowest BCUT2D eigenvalue weighted by atomic mass is 10.1. The summed E-state index contributed by atoms with van der Waals surface area (Å²) in [7, 11) is 1.65. The van der Waals surface area contributed by atoms with Gasteiger partial charge in [0.15, 0.2) is 0 Å². The van der Waals surface area contributed by atoms with Crippen molar-refractivity contribution in [3.05, 3.63) is 29.8 Å². The summed E-state index contributed by atoms with van der Waals surface area (Å²) >= 11 is 0. The zero-order valence-electron chi connectivity index (χ0n) is 11.9. The second-order valence-electron chi connectivity index (χ2n) is 5.43. The molecular weight excluding hydrogens is 238 g/mol. The Morgan fingerprint density at radius 2 is 2.21 bits per heavy atom. The molecule has 1 fully saturated rings. The number of nitrogens with one attached hydrogen (secondary N) is 1. The van der Waals surface area contributed by atoms with E-state index in [4.69, 9.17) is 4.74 Å². The van der Waals surface area contributed by atoms with E-state index in [0.717, 1.165) is 17.2 Å². The molecular formula is C16H25NO2. The summed E-state index contributed by atoms with van der Waals surface area (Å²) in [5.74, 6) is 1.63. The standard InChI is InChI=1S/C16H25NO2/c1-3-5-15(12-8-9-12)17-11-16(18)13-6-4-7-14(10-13)19-2/h4,6-7,10,12,15-18H,3,5,8-9,11H2,1-2H3. The fourth-order valence-corrected chi connectivity index (χ4v) is 2.54. The molecule has 0 saturated heterocycles. The minimum Gasteiger partial charge on any atom is -0.497 e. The zero-order chi connectivity index (χ0) is 13.7. The molecule has 0 aromatic heterocycles. The summed E-state index contributed by atoms with van der Waals surface area (Å²) in [6.07, 6.45) is 4.62. The Balaban J connectivity index is 1.86. The van der Waals surface area contributed by atoms with Gasteiger partial charge in [-0.3, -0.25) is 0 Å². The van der Waals surface area contributed by atoms with Gasteiger partial charge >= 0.3 is 0 Å². The maximum Gasteiger partial charge on any atom is 0.119 e. The molecule has 0 bridgehead atoms. The fourth-order valence-electron chi connectivity index (χ4n) is 2.54. The van der Waals surface area contributed by atoms with Crippen molar-refractivity contribution in [2.24, 2.45) is 5.92 Å². The molecule has 3 heteroatoms. The first-order valence-electron chi connectivity index (χ1n) is 7.30. The highest BCUT2D eigenvalue weighted by Gasteiger charge is 2.30. The van der Waals surface area contributed by atoms with E-state index in [1.54, 1.807) is 7.11 Å². The molecule has 1 aliphatic carbocycles. The molecule has 2 atom stereocenters. The maximum absolute atomic E-state index is 10.2. The van der Waals surface area contributed by atoms with Gasteiger partial charge in [-0.05, 0) is 42.9 Å². The van der Waals surface area contributed by atoms with Crippen LogP contribution in [0.4, 0.5) is 0 Å². The number of benzene rings is 1. The van der Waals surface area contributed by atoms with E-state index in [1.807, 2.05) is 24.3 Å². The van der Waals surface area contributed by atoms with Crippen LogP contribution in [-0.4, -0.2) is 24.8 Å². The second-order valence-corrected chi connectivity index (χ2v) is 5.43. The molecule has 0 heterocycles. The van der Waals surface area contributed by atoms with Crippen molar-refractivity contribution in [1.82, 2.24) is 5.32 Å². The first-order chi connectivity index (χ1) is 9.24. The van der Waals surface area contributed by atoms with Gasteiger partial charge in [-0.25, -0.2) is 0 Å². The Kier molecular flexibility index (Phi) is 5.23. The quantitative estimate of drug-likeness (QED) is 0.758. The average Bonchev–Trinajstić information content (AvgIpc) is 3.27. The molecule has 0 amide bonds. The van der Waals surface area contributed by atoms with E-state index in [9.17, 15) is 5.11 Å². The molecule has 106 valence electrons. The third-order valence-electron chi connectivity index (χ3n) is 3.84. The summed E-state index contributed by atoms with van der Waals surface area (Å²) in [6, 6.07) is 8.24. The smallest absolute Gasteiger partial charge is 0.119 e. The van der Waals surface area contributed by atoms with Gasteiger partial charge in [0.05, 0.1) is 13.2 Å². The second kappa shape index (κ2) is 6.92. The molecule has 19 heavy (non-hydrogen) atoms. The third kappa shape index (κ3) is 4.22. The van der Waals surface area contributed by atoms with Gasteiger partial charge in [-0.2, -0.15) is 0 Å². The summed E-state index contributed by atoms with van der Waals surface area (Å²) in [6.45, 7) is 2.84. The predicted molar refractivity (Wildman–Crippen MR) is 77.4 cm³/mol. The predicted octanol–water partition coefficient (Wildman–Crippen LogP) is 2.90. The topological polar surface area (TPSA) is 41.5 Å². The minimum atomic E-state index is -0.465. The fraction of sp³-hybridized carbons (Fsp3) is 0.625. The SMILES string of the molecule is CCCC(NCC(O)c1cccc(OC)c1)C1CC1. The van der Waals surface area contributed by atoms with Crippen LogP contribution in [-0.2, 0) is 0 Å². The van der Waals surface area contributed by atoms with E-state index >= 15 is 0 Å². The van der Waals surface area contributed by atoms with Gasteiger partial charge in [0, 0.05) is 12.6 Å². The van der Waals surface area contributed by atoms with Gasteiger partial charge in [-0.1, -0.05) is 25.5 Å². The monoisotopic (exact) mass is 263 g/mol. The molecule has 0 radical (unpaired) electrons. The van der Waals surface area contributed by atoms with Crippen LogP contribution in [0.25, 0.3) is 0 Å². The van der Waals surface area contributed by atoms with Crippen molar-refractivity contribution >= 4 is 0 Å². The van der Waals surface area contributed by atoms with Crippen molar-refractivity contribution in [2.75, 3.05) is 13.7 Å². The molecule has 2 rings (SSSR count). The lowest BCUT2D eigenvalue weighted by Gasteiger charge is -2.20. The number of aliphatic hydroxyl groups excluding tert-OH is 1. The summed E-state index contributed by atoms with van der Waals surface area (Å²) in [5.41, 5.74) is 0.915. The molecule has 2 N–H and O–H groups in total. The zero-order valence-corrected chi connectivity index (χ0v) is 11.9. The minimum absolute atomic E-state index is 0.465. The molecule has 1 aromatic carbocycles. The van der Waals surface area contributed by atoms with Crippen LogP contribution < -0.4 is 10.1 Å². The first kappa shape index (κ1) is 14.4. The van der Waals surface area contributed by atoms with Gasteiger partial charge < -0.3 is 15.2 Å². The largest absolute Gasteiger partial charge is 0.497 e. The van der Waals surface area contributed by atoms with Crippen LogP contribution in [0.1, 0.15) is 44.3 Å². The number of hydrogen-bond donors (Lipinski definition) is 2. The van der Waals surface area contributed by atoms with Crippen LogP contribution in [0.2, 0.25) is 0 Å². The highest BCUT2D eigenvalue weighted by atomic mass is 16.5. The van der Waals surface area contributed by atoms with E-state index in [-0.39, 0.29) is 0 Å². The van der Waals surface area contributed by atoms with Crippen LogP contribution in [0, 0.1) is 5.92 Å². The number of ether oxygens (including phenoxy) is 1. The number of hydrogen-bond acceptors (Lipinski definition) is 3. The molecule has 2 unspecified atom stereocenters.